The Labute approximate surface area is 157 Å². The number of ether oxygens (including phenoxy) is 2. The maximum Gasteiger partial charge on any atom is 0.522 e. The fourth-order valence-electron chi connectivity index (χ4n) is 2.98. The van der Waals surface area contributed by atoms with E-state index in [0.29, 0.717) is 5.69 Å². The van der Waals surface area contributed by atoms with Crippen LogP contribution < -0.4 is 10.6 Å². The third-order valence-electron chi connectivity index (χ3n) is 4.29. The van der Waals surface area contributed by atoms with Gasteiger partial charge in [0.15, 0.2) is 5.65 Å². The minimum atomic E-state index is -4.69. The summed E-state index contributed by atoms with van der Waals surface area (Å²) in [5.41, 5.74) is 0.752. The molecule has 1 fully saturated rings. The fourth-order valence-corrected chi connectivity index (χ4v) is 2.98. The molecular weight excluding hydrogens is 383 g/mol. The average Bonchev–Trinajstić information content (AvgIpc) is 2.96. The molecule has 2 N–H and O–H groups in total. The van der Waals surface area contributed by atoms with Gasteiger partial charge in [0.05, 0.1) is 12.7 Å². The van der Waals surface area contributed by atoms with Gasteiger partial charge in [-0.15, -0.1) is 13.2 Å². The molecule has 0 aromatic carbocycles. The molecule has 0 spiro atoms. The molecule has 1 aliphatic rings. The van der Waals surface area contributed by atoms with Gasteiger partial charge in [0.1, 0.15) is 17.0 Å². The highest BCUT2D eigenvalue weighted by Gasteiger charge is 2.40. The van der Waals surface area contributed by atoms with E-state index in [0.717, 1.165) is 0 Å². The highest BCUT2D eigenvalue weighted by molar-refractivity contribution is 6.02. The Bertz CT molecular complexity index is 892. The van der Waals surface area contributed by atoms with E-state index in [9.17, 15) is 22.8 Å². The zero-order valence-electron chi connectivity index (χ0n) is 15.0. The van der Waals surface area contributed by atoms with Crippen LogP contribution in [0.1, 0.15) is 39.4 Å². The van der Waals surface area contributed by atoms with Gasteiger partial charge in [-0.05, 0) is 18.9 Å². The van der Waals surface area contributed by atoms with Crippen molar-refractivity contribution in [3.8, 4) is 0 Å². The highest BCUT2D eigenvalue weighted by Crippen LogP contribution is 2.30. The van der Waals surface area contributed by atoms with Crippen molar-refractivity contribution in [3.05, 3.63) is 29.2 Å². The molecule has 2 aromatic heterocycles. The molecule has 9 nitrogen and oxygen atoms in total. The number of aromatic nitrogens is 3. The third-order valence-corrected chi connectivity index (χ3v) is 4.29. The molecular formula is C16H18F3N5O4. The zero-order valence-corrected chi connectivity index (χ0v) is 15.0. The van der Waals surface area contributed by atoms with Crippen LogP contribution in [-0.4, -0.2) is 59.1 Å². The number of methoxy groups -OCH3 is 1. The van der Waals surface area contributed by atoms with E-state index in [1.54, 1.807) is 0 Å². The summed E-state index contributed by atoms with van der Waals surface area (Å²) < 4.78 is 46.7. The molecule has 152 valence electrons. The molecule has 0 atom stereocenters. The van der Waals surface area contributed by atoms with Crippen LogP contribution in [0, 0.1) is 0 Å². The number of rotatable bonds is 6. The number of carbonyl (C=O) groups is 2. The number of alkyl halides is 3. The Kier molecular flexibility index (Phi) is 5.52. The van der Waals surface area contributed by atoms with E-state index >= 15 is 0 Å². The van der Waals surface area contributed by atoms with Crippen LogP contribution in [0.15, 0.2) is 12.3 Å². The Morgan fingerprint density at radius 1 is 1.32 bits per heavy atom. The standard InChI is InChI=1S/C16H18F3N5O4/c1-20-15(26)12-10(7-27-2)23-24-11(3-4-21-13(12)24)14(25)22-8-5-9(6-8)28-16(17,18)19/h3-4,8-9H,5-7H2,1-2H3,(H,20,26)(H,22,25)/t8-,9+. The van der Waals surface area contributed by atoms with Gasteiger partial charge in [0, 0.05) is 26.4 Å². The maximum absolute atomic E-state index is 12.6. The first kappa shape index (κ1) is 20.0. The normalized spacial score (nSPS) is 19.3. The van der Waals surface area contributed by atoms with Gasteiger partial charge in [-0.3, -0.25) is 14.3 Å². The van der Waals surface area contributed by atoms with E-state index in [4.69, 9.17) is 4.74 Å². The smallest absolute Gasteiger partial charge is 0.378 e. The largest absolute Gasteiger partial charge is 0.522 e. The highest BCUT2D eigenvalue weighted by atomic mass is 19.4. The first-order valence-electron chi connectivity index (χ1n) is 8.36. The SMILES string of the molecule is CNC(=O)c1c(COC)nn2c(C(=O)N[C@H]3C[C@@H](OC(F)(F)F)C3)ccnc12. The lowest BCUT2D eigenvalue weighted by atomic mass is 9.89. The van der Waals surface area contributed by atoms with Crippen molar-refractivity contribution in [2.24, 2.45) is 0 Å². The lowest BCUT2D eigenvalue weighted by Crippen LogP contribution is -2.49. The first-order valence-corrected chi connectivity index (χ1v) is 8.36. The third kappa shape index (κ3) is 4.07. The van der Waals surface area contributed by atoms with Crippen molar-refractivity contribution >= 4 is 17.5 Å². The monoisotopic (exact) mass is 401 g/mol. The first-order chi connectivity index (χ1) is 13.2. The molecule has 1 aliphatic carbocycles. The second-order valence-electron chi connectivity index (χ2n) is 6.23. The number of nitrogens with zero attached hydrogens (tertiary/aromatic N) is 3. The van der Waals surface area contributed by atoms with Gasteiger partial charge in [-0.2, -0.15) is 5.10 Å². The number of hydrogen-bond acceptors (Lipinski definition) is 6. The summed E-state index contributed by atoms with van der Waals surface area (Å²) in [5.74, 6) is -0.976. The summed E-state index contributed by atoms with van der Waals surface area (Å²) in [6.07, 6.45) is -4.21. The number of hydrogen-bond donors (Lipinski definition) is 2. The topological polar surface area (TPSA) is 107 Å². The lowest BCUT2D eigenvalue weighted by Gasteiger charge is -2.35. The van der Waals surface area contributed by atoms with Crippen molar-refractivity contribution in [3.63, 3.8) is 0 Å². The molecule has 2 aromatic rings. The second kappa shape index (κ2) is 7.72. The van der Waals surface area contributed by atoms with Crippen LogP contribution in [0.2, 0.25) is 0 Å². The second-order valence-corrected chi connectivity index (χ2v) is 6.23. The fraction of sp³-hybridized carbons (Fsp3) is 0.500. The van der Waals surface area contributed by atoms with E-state index in [-0.39, 0.29) is 36.4 Å². The summed E-state index contributed by atoms with van der Waals surface area (Å²) in [5, 5.41) is 9.37. The molecule has 12 heteroatoms. The minimum absolute atomic E-state index is 0.0340. The number of amides is 2. The molecule has 0 aliphatic heterocycles. The summed E-state index contributed by atoms with van der Waals surface area (Å²) in [6, 6.07) is 0.956. The number of fused-ring (bicyclic) bond motifs is 1. The molecule has 0 radical (unpaired) electrons. The Morgan fingerprint density at radius 2 is 2.04 bits per heavy atom. The van der Waals surface area contributed by atoms with Crippen molar-refractivity contribution in [2.45, 2.75) is 38.0 Å². The Hall–Kier alpha value is -2.73. The molecule has 2 heterocycles. The predicted molar refractivity (Wildman–Crippen MR) is 88.5 cm³/mol. The summed E-state index contributed by atoms with van der Waals surface area (Å²) in [6.45, 7) is 0.0340. The molecule has 28 heavy (non-hydrogen) atoms. The summed E-state index contributed by atoms with van der Waals surface area (Å²) in [7, 11) is 2.89. The van der Waals surface area contributed by atoms with Crippen molar-refractivity contribution in [1.82, 2.24) is 25.2 Å². The predicted octanol–water partition coefficient (Wildman–Crippen LogP) is 1.03. The van der Waals surface area contributed by atoms with Gasteiger partial charge in [0.2, 0.25) is 0 Å². The van der Waals surface area contributed by atoms with Gasteiger partial charge in [-0.25, -0.2) is 9.50 Å². The van der Waals surface area contributed by atoms with Crippen molar-refractivity contribution in [1.29, 1.82) is 0 Å². The Balaban J connectivity index is 1.80. The van der Waals surface area contributed by atoms with Crippen molar-refractivity contribution < 1.29 is 32.2 Å². The molecule has 1 saturated carbocycles. The maximum atomic E-state index is 12.6. The molecule has 0 saturated heterocycles. The summed E-state index contributed by atoms with van der Waals surface area (Å²) in [4.78, 5) is 28.9. The lowest BCUT2D eigenvalue weighted by molar-refractivity contribution is -0.351. The van der Waals surface area contributed by atoms with Crippen LogP contribution in [0.25, 0.3) is 5.65 Å². The molecule has 0 bridgehead atoms. The number of carbonyl (C=O) groups excluding carboxylic acids is 2. The van der Waals surface area contributed by atoms with Crippen LogP contribution >= 0.6 is 0 Å². The number of halogens is 3. The van der Waals surface area contributed by atoms with Crippen molar-refractivity contribution in [2.75, 3.05) is 14.2 Å². The van der Waals surface area contributed by atoms with Gasteiger partial charge >= 0.3 is 6.36 Å². The summed E-state index contributed by atoms with van der Waals surface area (Å²) >= 11 is 0. The van der Waals surface area contributed by atoms with E-state index in [1.165, 1.54) is 30.9 Å². The van der Waals surface area contributed by atoms with Crippen LogP contribution in [0.3, 0.4) is 0 Å². The molecule has 3 rings (SSSR count). The van der Waals surface area contributed by atoms with Gasteiger partial charge in [-0.1, -0.05) is 0 Å². The van der Waals surface area contributed by atoms with Crippen LogP contribution in [0.5, 0.6) is 0 Å². The zero-order chi connectivity index (χ0) is 20.5. The van der Waals surface area contributed by atoms with E-state index in [2.05, 4.69) is 25.5 Å². The van der Waals surface area contributed by atoms with E-state index < -0.39 is 30.3 Å². The Morgan fingerprint density at radius 3 is 2.64 bits per heavy atom. The number of nitrogens with one attached hydrogen (secondary N) is 2. The average molecular weight is 401 g/mol. The molecule has 2 amide bonds. The van der Waals surface area contributed by atoms with Crippen LogP contribution in [0.4, 0.5) is 13.2 Å². The van der Waals surface area contributed by atoms with E-state index in [1.807, 2.05) is 0 Å². The van der Waals surface area contributed by atoms with Crippen LogP contribution in [-0.2, 0) is 16.1 Å². The molecule has 0 unspecified atom stereocenters. The van der Waals surface area contributed by atoms with Gasteiger partial charge < -0.3 is 15.4 Å². The minimum Gasteiger partial charge on any atom is -0.378 e. The quantitative estimate of drug-likeness (QED) is 0.749. The van der Waals surface area contributed by atoms with Gasteiger partial charge in [0.25, 0.3) is 11.8 Å².